The molecule has 5 heavy (non-hydrogen) atoms. The molecule has 0 unspecified atom stereocenters. The summed E-state index contributed by atoms with van der Waals surface area (Å²) in [4.78, 5) is 0. The van der Waals surface area contributed by atoms with Crippen LogP contribution in [0.4, 0.5) is 0 Å². The van der Waals surface area contributed by atoms with Gasteiger partial charge in [0, 0.05) is 109 Å². The van der Waals surface area contributed by atoms with Crippen molar-refractivity contribution in [1.29, 1.82) is 0 Å². The fourth-order valence-electron chi connectivity index (χ4n) is 0. The summed E-state index contributed by atoms with van der Waals surface area (Å²) in [6.45, 7) is 0. The van der Waals surface area contributed by atoms with Gasteiger partial charge in [-0.25, -0.2) is 0 Å². The van der Waals surface area contributed by atoms with E-state index in [2.05, 4.69) is 0 Å². The smallest absolute Gasteiger partial charge is 0 e. The van der Waals surface area contributed by atoms with Gasteiger partial charge in [0.1, 0.15) is 0 Å². The first-order valence-corrected chi connectivity index (χ1v) is 0. The second-order valence-corrected chi connectivity index (χ2v) is 0. The fraction of sp³-hybridized carbons (Fsp3) is 0. The minimum atomic E-state index is 0. The Bertz CT molecular complexity index is 4.85. The van der Waals surface area contributed by atoms with Crippen molar-refractivity contribution in [2.75, 3.05) is 0 Å². The predicted octanol–water partition coefficient (Wildman–Crippen LogP) is -0.769. The molecule has 0 amide bonds. The molecule has 0 nitrogen and oxygen atoms in total. The zero-order valence-electron chi connectivity index (χ0n) is 3.00. The van der Waals surface area contributed by atoms with Gasteiger partial charge < -0.3 is 0 Å². The third kappa shape index (κ3) is 18.5. The van der Waals surface area contributed by atoms with Crippen LogP contribution in [0.25, 0.3) is 0 Å². The van der Waals surface area contributed by atoms with Crippen molar-refractivity contribution in [3.63, 3.8) is 0 Å². The summed E-state index contributed by atoms with van der Waals surface area (Å²) in [6, 6.07) is 0. The van der Waals surface area contributed by atoms with E-state index in [1.165, 1.54) is 0 Å². The van der Waals surface area contributed by atoms with Crippen LogP contribution in [-0.2, 0) is 50.3 Å². The van der Waals surface area contributed by atoms with Gasteiger partial charge in [0.25, 0.3) is 0 Å². The van der Waals surface area contributed by atoms with Gasteiger partial charge in [-0.3, -0.25) is 0 Å². The number of hydrogen-bond donors (Lipinski definition) is 0. The molecule has 0 aromatic carbocycles. The van der Waals surface area contributed by atoms with E-state index in [4.69, 9.17) is 0 Å². The molecule has 5 heteroatoms. The molecule has 0 heterocycles. The summed E-state index contributed by atoms with van der Waals surface area (Å²) >= 11 is 0. The first-order valence-electron chi connectivity index (χ1n) is 0. The van der Waals surface area contributed by atoms with Crippen molar-refractivity contribution < 1.29 is 50.3 Å². The molecule has 0 rings (SSSR count). The maximum Gasteiger partial charge on any atom is 0 e. The van der Waals surface area contributed by atoms with Gasteiger partial charge >= 0.3 is 0 Å². The van der Waals surface area contributed by atoms with Crippen molar-refractivity contribution in [3.8, 4) is 0 Å². The zero-order valence-corrected chi connectivity index (χ0v) is 10.1. The van der Waals surface area contributed by atoms with Crippen LogP contribution < -0.4 is 0 Å². The molecular formula is Co3Na2. The van der Waals surface area contributed by atoms with Crippen molar-refractivity contribution in [3.05, 3.63) is 0 Å². The van der Waals surface area contributed by atoms with Gasteiger partial charge in [-0.15, -0.1) is 0 Å². The van der Waals surface area contributed by atoms with E-state index in [1.807, 2.05) is 0 Å². The van der Waals surface area contributed by atoms with Crippen molar-refractivity contribution in [2.24, 2.45) is 0 Å². The summed E-state index contributed by atoms with van der Waals surface area (Å²) in [5.74, 6) is 0. The molecule has 0 saturated heterocycles. The Kier molecular flexibility index (Phi) is 201. The van der Waals surface area contributed by atoms with Crippen LogP contribution >= 0.6 is 0 Å². The summed E-state index contributed by atoms with van der Waals surface area (Å²) in [7, 11) is 0. The minimum absolute atomic E-state index is 0. The largest absolute Gasteiger partial charge is 0 e. The Morgan fingerprint density at radius 1 is 0.400 bits per heavy atom. The van der Waals surface area contributed by atoms with Crippen LogP contribution in [0.2, 0.25) is 0 Å². The molecule has 0 aliphatic heterocycles. The Hall–Kier alpha value is 3.52. The van der Waals surface area contributed by atoms with E-state index in [1.54, 1.807) is 0 Å². The molecule has 0 fully saturated rings. The van der Waals surface area contributed by atoms with Crippen molar-refractivity contribution >= 4 is 59.1 Å². The molecule has 0 aliphatic carbocycles. The monoisotopic (exact) mass is 223 g/mol. The van der Waals surface area contributed by atoms with Gasteiger partial charge in [-0.05, 0) is 0 Å². The molecule has 0 atom stereocenters. The Morgan fingerprint density at radius 2 is 0.400 bits per heavy atom. The normalized spacial score (nSPS) is 0. The molecule has 0 aromatic heterocycles. The van der Waals surface area contributed by atoms with E-state index in [0.29, 0.717) is 0 Å². The quantitative estimate of drug-likeness (QED) is 0.473. The van der Waals surface area contributed by atoms with Crippen LogP contribution in [-0.4, -0.2) is 59.1 Å². The SMILES string of the molecule is [Co].[Co].[Co].[Na].[Na]. The third-order valence-electron chi connectivity index (χ3n) is 0. The molecule has 0 bridgehead atoms. The molecule has 0 aliphatic rings. The summed E-state index contributed by atoms with van der Waals surface area (Å²) < 4.78 is 0. The molecule has 29 valence electrons. The first-order chi connectivity index (χ1) is 0. The topological polar surface area (TPSA) is 0 Å². The average Bonchev–Trinajstić information content (AvgIpc) is 0. The minimum Gasteiger partial charge on any atom is 0 e. The van der Waals surface area contributed by atoms with Gasteiger partial charge in [0.15, 0.2) is 0 Å². The van der Waals surface area contributed by atoms with Gasteiger partial charge in [0.2, 0.25) is 0 Å². The summed E-state index contributed by atoms with van der Waals surface area (Å²) in [6.07, 6.45) is 0. The summed E-state index contributed by atoms with van der Waals surface area (Å²) in [5.41, 5.74) is 0. The second-order valence-electron chi connectivity index (χ2n) is 0. The summed E-state index contributed by atoms with van der Waals surface area (Å²) in [5, 5.41) is 0. The Morgan fingerprint density at radius 3 is 0.400 bits per heavy atom. The van der Waals surface area contributed by atoms with Crippen LogP contribution in [0.1, 0.15) is 0 Å². The third-order valence-corrected chi connectivity index (χ3v) is 0. The van der Waals surface area contributed by atoms with E-state index in [-0.39, 0.29) is 109 Å². The van der Waals surface area contributed by atoms with Crippen LogP contribution in [0.3, 0.4) is 0 Å². The predicted molar refractivity (Wildman–Crippen MR) is 11.5 cm³/mol. The Balaban J connectivity index is 0. The van der Waals surface area contributed by atoms with Gasteiger partial charge in [0.05, 0.1) is 0 Å². The molecule has 0 saturated carbocycles. The Labute approximate surface area is 107 Å². The molecular weight excluding hydrogens is 223 g/mol. The van der Waals surface area contributed by atoms with Crippen LogP contribution in [0.5, 0.6) is 0 Å². The molecule has 0 aromatic rings. The van der Waals surface area contributed by atoms with Crippen molar-refractivity contribution in [2.45, 2.75) is 0 Å². The maximum atomic E-state index is 0. The van der Waals surface area contributed by atoms with Crippen LogP contribution in [0.15, 0.2) is 0 Å². The van der Waals surface area contributed by atoms with Gasteiger partial charge in [-0.2, -0.15) is 0 Å². The van der Waals surface area contributed by atoms with Crippen molar-refractivity contribution in [1.82, 2.24) is 0 Å². The standard InChI is InChI=1S/3Co.2Na. The fourth-order valence-corrected chi connectivity index (χ4v) is 0. The van der Waals surface area contributed by atoms with E-state index in [9.17, 15) is 0 Å². The average molecular weight is 223 g/mol. The van der Waals surface area contributed by atoms with Gasteiger partial charge in [-0.1, -0.05) is 0 Å². The maximum absolute atomic E-state index is 0. The second kappa shape index (κ2) is 25.8. The first kappa shape index (κ1) is 38.9. The molecule has 5 radical (unpaired) electrons. The zero-order chi connectivity index (χ0) is 0. The number of hydrogen-bond acceptors (Lipinski definition) is 0. The molecule has 0 spiro atoms. The number of rotatable bonds is 0. The van der Waals surface area contributed by atoms with Crippen LogP contribution in [0, 0.1) is 0 Å². The van der Waals surface area contributed by atoms with E-state index in [0.717, 1.165) is 0 Å². The van der Waals surface area contributed by atoms with E-state index < -0.39 is 0 Å². The van der Waals surface area contributed by atoms with E-state index >= 15 is 0 Å². The molecule has 0 N–H and O–H groups in total.